The predicted octanol–water partition coefficient (Wildman–Crippen LogP) is 3.46. The molecule has 1 saturated heterocycles. The SMILES string of the molecule is CC(C)(C)OC(=O)N1CCC(NCc2ccc(Br)cc2[N+](=O)[O-])C1. The van der Waals surface area contributed by atoms with Crippen molar-refractivity contribution in [1.29, 1.82) is 0 Å². The summed E-state index contributed by atoms with van der Waals surface area (Å²) in [5, 5.41) is 14.4. The quantitative estimate of drug-likeness (QED) is 0.618. The van der Waals surface area contributed by atoms with Gasteiger partial charge in [0.15, 0.2) is 0 Å². The van der Waals surface area contributed by atoms with Crippen LogP contribution in [-0.2, 0) is 11.3 Å². The Morgan fingerprint density at radius 1 is 1.50 bits per heavy atom. The average Bonchev–Trinajstić information content (AvgIpc) is 2.93. The molecule has 1 heterocycles. The second-order valence-electron chi connectivity index (χ2n) is 6.82. The van der Waals surface area contributed by atoms with Crippen LogP contribution >= 0.6 is 15.9 Å². The third-order valence-electron chi connectivity index (χ3n) is 3.67. The number of nitrogens with zero attached hydrogens (tertiary/aromatic N) is 2. The Morgan fingerprint density at radius 2 is 2.21 bits per heavy atom. The van der Waals surface area contributed by atoms with E-state index in [-0.39, 0.29) is 22.7 Å². The summed E-state index contributed by atoms with van der Waals surface area (Å²) in [4.78, 5) is 24.5. The van der Waals surface area contributed by atoms with Crippen molar-refractivity contribution in [3.8, 4) is 0 Å². The van der Waals surface area contributed by atoms with Crippen molar-refractivity contribution in [2.24, 2.45) is 0 Å². The molecular weight excluding hydrogens is 378 g/mol. The molecular formula is C16H22BrN3O4. The summed E-state index contributed by atoms with van der Waals surface area (Å²) in [5.41, 5.74) is 0.193. The molecule has 8 heteroatoms. The normalized spacial score (nSPS) is 17.8. The van der Waals surface area contributed by atoms with E-state index in [1.807, 2.05) is 20.8 Å². The fraction of sp³-hybridized carbons (Fsp3) is 0.562. The number of hydrogen-bond acceptors (Lipinski definition) is 5. The van der Waals surface area contributed by atoms with Gasteiger partial charge in [0.1, 0.15) is 5.60 Å². The molecule has 1 aliphatic heterocycles. The van der Waals surface area contributed by atoms with E-state index in [1.165, 1.54) is 6.07 Å². The van der Waals surface area contributed by atoms with Crippen LogP contribution in [0.3, 0.4) is 0 Å². The molecule has 1 aromatic rings. The lowest BCUT2D eigenvalue weighted by molar-refractivity contribution is -0.385. The largest absolute Gasteiger partial charge is 0.444 e. The highest BCUT2D eigenvalue weighted by Crippen LogP contribution is 2.24. The van der Waals surface area contributed by atoms with E-state index < -0.39 is 5.60 Å². The van der Waals surface area contributed by atoms with Crippen LogP contribution in [0.15, 0.2) is 22.7 Å². The summed E-state index contributed by atoms with van der Waals surface area (Å²) in [7, 11) is 0. The zero-order chi connectivity index (χ0) is 17.9. The van der Waals surface area contributed by atoms with E-state index in [1.54, 1.807) is 17.0 Å². The molecule has 1 aliphatic rings. The molecule has 0 aromatic heterocycles. The van der Waals surface area contributed by atoms with Gasteiger partial charge in [-0.2, -0.15) is 0 Å². The van der Waals surface area contributed by atoms with Gasteiger partial charge in [-0.3, -0.25) is 10.1 Å². The Morgan fingerprint density at radius 3 is 2.83 bits per heavy atom. The number of halogens is 1. The second kappa shape index (κ2) is 7.48. The first-order valence-electron chi connectivity index (χ1n) is 7.80. The van der Waals surface area contributed by atoms with Crippen LogP contribution in [0.5, 0.6) is 0 Å². The van der Waals surface area contributed by atoms with Gasteiger partial charge in [0, 0.05) is 41.8 Å². The van der Waals surface area contributed by atoms with Gasteiger partial charge in [-0.1, -0.05) is 15.9 Å². The number of likely N-dealkylation sites (tertiary alicyclic amines) is 1. The number of hydrogen-bond donors (Lipinski definition) is 1. The van der Waals surface area contributed by atoms with Crippen molar-refractivity contribution in [3.05, 3.63) is 38.3 Å². The molecule has 1 N–H and O–H groups in total. The molecule has 132 valence electrons. The Hall–Kier alpha value is -1.67. The topological polar surface area (TPSA) is 84.7 Å². The van der Waals surface area contributed by atoms with E-state index in [0.717, 1.165) is 6.42 Å². The third kappa shape index (κ3) is 5.17. The van der Waals surface area contributed by atoms with Crippen molar-refractivity contribution in [2.45, 2.75) is 45.4 Å². The van der Waals surface area contributed by atoms with E-state index >= 15 is 0 Å². The Labute approximate surface area is 149 Å². The molecule has 2 rings (SSSR count). The molecule has 0 aliphatic carbocycles. The molecule has 0 radical (unpaired) electrons. The Balaban J connectivity index is 1.91. The molecule has 1 amide bonds. The summed E-state index contributed by atoms with van der Waals surface area (Å²) in [6, 6.07) is 5.11. The lowest BCUT2D eigenvalue weighted by Crippen LogP contribution is -2.38. The third-order valence-corrected chi connectivity index (χ3v) is 4.16. The highest BCUT2D eigenvalue weighted by Gasteiger charge is 2.29. The molecule has 1 fully saturated rings. The molecule has 7 nitrogen and oxygen atoms in total. The fourth-order valence-corrected chi connectivity index (χ4v) is 2.88. The number of rotatable bonds is 4. The highest BCUT2D eigenvalue weighted by atomic mass is 79.9. The first kappa shape index (κ1) is 18.7. The molecule has 0 saturated carbocycles. The van der Waals surface area contributed by atoms with E-state index in [0.29, 0.717) is 29.7 Å². The van der Waals surface area contributed by atoms with Crippen LogP contribution in [0.2, 0.25) is 0 Å². The maximum atomic E-state index is 12.0. The summed E-state index contributed by atoms with van der Waals surface area (Å²) in [6.45, 7) is 7.06. The maximum absolute atomic E-state index is 12.0. The van der Waals surface area contributed by atoms with Gasteiger partial charge in [0.25, 0.3) is 5.69 Å². The lowest BCUT2D eigenvalue weighted by atomic mass is 10.1. The Kier molecular flexibility index (Phi) is 5.82. The van der Waals surface area contributed by atoms with Crippen LogP contribution in [0.25, 0.3) is 0 Å². The maximum Gasteiger partial charge on any atom is 0.410 e. The zero-order valence-electron chi connectivity index (χ0n) is 14.0. The van der Waals surface area contributed by atoms with Crippen LogP contribution < -0.4 is 5.32 Å². The predicted molar refractivity (Wildman–Crippen MR) is 93.8 cm³/mol. The lowest BCUT2D eigenvalue weighted by Gasteiger charge is -2.24. The molecule has 24 heavy (non-hydrogen) atoms. The van der Waals surface area contributed by atoms with Gasteiger partial charge in [-0.15, -0.1) is 0 Å². The number of nitro groups is 1. The summed E-state index contributed by atoms with van der Waals surface area (Å²) < 4.78 is 6.04. The van der Waals surface area contributed by atoms with E-state index in [2.05, 4.69) is 21.2 Å². The minimum atomic E-state index is -0.513. The fourth-order valence-electron chi connectivity index (χ4n) is 2.53. The number of benzene rings is 1. The Bertz CT molecular complexity index is 630. The minimum Gasteiger partial charge on any atom is -0.444 e. The molecule has 0 spiro atoms. The number of nitrogens with one attached hydrogen (secondary N) is 1. The van der Waals surface area contributed by atoms with Crippen molar-refractivity contribution < 1.29 is 14.5 Å². The van der Waals surface area contributed by atoms with Gasteiger partial charge >= 0.3 is 6.09 Å². The summed E-state index contributed by atoms with van der Waals surface area (Å²) in [6.07, 6.45) is 0.477. The van der Waals surface area contributed by atoms with Crippen molar-refractivity contribution in [1.82, 2.24) is 10.2 Å². The zero-order valence-corrected chi connectivity index (χ0v) is 15.6. The number of ether oxygens (including phenoxy) is 1. The molecule has 1 aromatic carbocycles. The van der Waals surface area contributed by atoms with Gasteiger partial charge in [0.05, 0.1) is 4.92 Å². The monoisotopic (exact) mass is 399 g/mol. The van der Waals surface area contributed by atoms with Gasteiger partial charge in [-0.25, -0.2) is 4.79 Å². The second-order valence-corrected chi connectivity index (χ2v) is 7.74. The number of nitro benzene ring substituents is 1. The molecule has 1 unspecified atom stereocenters. The number of carbonyl (C=O) groups excluding carboxylic acids is 1. The standard InChI is InChI=1S/C16H22BrN3O4/c1-16(2,3)24-15(21)19-7-6-13(10-19)18-9-11-4-5-12(17)8-14(11)20(22)23/h4-5,8,13,18H,6-7,9-10H2,1-3H3. The van der Waals surface area contributed by atoms with Gasteiger partial charge in [0.2, 0.25) is 0 Å². The summed E-state index contributed by atoms with van der Waals surface area (Å²) >= 11 is 3.25. The average molecular weight is 400 g/mol. The van der Waals surface area contributed by atoms with Crippen LogP contribution in [0.4, 0.5) is 10.5 Å². The first-order chi connectivity index (χ1) is 11.2. The van der Waals surface area contributed by atoms with Crippen LogP contribution in [0.1, 0.15) is 32.8 Å². The number of amides is 1. The molecule has 0 bridgehead atoms. The van der Waals surface area contributed by atoms with Crippen molar-refractivity contribution in [3.63, 3.8) is 0 Å². The van der Waals surface area contributed by atoms with Crippen LogP contribution in [0, 0.1) is 10.1 Å². The molecule has 1 atom stereocenters. The van der Waals surface area contributed by atoms with Gasteiger partial charge in [-0.05, 0) is 39.3 Å². The summed E-state index contributed by atoms with van der Waals surface area (Å²) in [5.74, 6) is 0. The van der Waals surface area contributed by atoms with Crippen molar-refractivity contribution in [2.75, 3.05) is 13.1 Å². The van der Waals surface area contributed by atoms with Crippen LogP contribution in [-0.4, -0.2) is 40.6 Å². The van der Waals surface area contributed by atoms with E-state index in [4.69, 9.17) is 4.74 Å². The number of carbonyl (C=O) groups is 1. The minimum absolute atomic E-state index is 0.0823. The first-order valence-corrected chi connectivity index (χ1v) is 8.59. The van der Waals surface area contributed by atoms with E-state index in [9.17, 15) is 14.9 Å². The smallest absolute Gasteiger partial charge is 0.410 e. The van der Waals surface area contributed by atoms with Crippen molar-refractivity contribution >= 4 is 27.7 Å². The van der Waals surface area contributed by atoms with Gasteiger partial charge < -0.3 is 15.0 Å². The highest BCUT2D eigenvalue weighted by molar-refractivity contribution is 9.10.